The monoisotopic (exact) mass is 174 g/mol. The van der Waals surface area contributed by atoms with E-state index in [1.54, 1.807) is 13.8 Å². The Morgan fingerprint density at radius 2 is 1.25 bits per heavy atom. The molecule has 0 unspecified atom stereocenters. The van der Waals surface area contributed by atoms with E-state index in [0.717, 1.165) is 0 Å². The summed E-state index contributed by atoms with van der Waals surface area (Å²) in [5, 5.41) is 0. The van der Waals surface area contributed by atoms with Gasteiger partial charge in [0.05, 0.1) is 13.2 Å². The lowest BCUT2D eigenvalue weighted by Gasteiger charge is -1.99. The summed E-state index contributed by atoms with van der Waals surface area (Å²) in [5.74, 6) is -1.85. The molecule has 0 amide bonds. The zero-order valence-corrected chi connectivity index (χ0v) is 7.46. The maximum Gasteiger partial charge on any atom is 0.417 e. The lowest BCUT2D eigenvalue weighted by atomic mass is 10.7. The van der Waals surface area contributed by atoms with Crippen molar-refractivity contribution < 1.29 is 19.1 Å². The second kappa shape index (κ2) is 9.68. The van der Waals surface area contributed by atoms with Gasteiger partial charge >= 0.3 is 11.9 Å². The smallest absolute Gasteiger partial charge is 0.417 e. The van der Waals surface area contributed by atoms with Crippen LogP contribution in [0.2, 0.25) is 0 Å². The fourth-order valence-electron chi connectivity index (χ4n) is 0.380. The van der Waals surface area contributed by atoms with Gasteiger partial charge < -0.3 is 9.47 Å². The van der Waals surface area contributed by atoms with Gasteiger partial charge in [-0.2, -0.15) is 0 Å². The summed E-state index contributed by atoms with van der Waals surface area (Å²) < 4.78 is 8.69. The van der Waals surface area contributed by atoms with Gasteiger partial charge in [0, 0.05) is 0 Å². The van der Waals surface area contributed by atoms with E-state index in [2.05, 4.69) is 22.6 Å². The molecule has 0 bridgehead atoms. The number of esters is 2. The lowest BCUT2D eigenvalue weighted by Crippen LogP contribution is -2.19. The van der Waals surface area contributed by atoms with E-state index in [-0.39, 0.29) is 13.2 Å². The van der Waals surface area contributed by atoms with E-state index >= 15 is 0 Å². The van der Waals surface area contributed by atoms with Gasteiger partial charge in [-0.3, -0.25) is 0 Å². The number of carbonyl (C=O) groups excluding carboxylic acids is 2. The molecule has 0 aromatic heterocycles. The minimum absolute atomic E-state index is 0.192. The first-order chi connectivity index (χ1) is 5.72. The van der Waals surface area contributed by atoms with Crippen LogP contribution >= 0.6 is 0 Å². The molecule has 0 aromatic carbocycles. The van der Waals surface area contributed by atoms with Crippen molar-refractivity contribution in [1.82, 2.24) is 0 Å². The van der Waals surface area contributed by atoms with Crippen LogP contribution in [-0.2, 0) is 19.1 Å². The maximum atomic E-state index is 10.4. The molecule has 0 fully saturated rings. The third-order valence-corrected chi connectivity index (χ3v) is 0.718. The molecule has 0 aromatic rings. The summed E-state index contributed by atoms with van der Waals surface area (Å²) in [6.07, 6.45) is 0. The fourth-order valence-corrected chi connectivity index (χ4v) is 0.380. The second-order valence-corrected chi connectivity index (χ2v) is 1.44. The molecule has 0 aliphatic rings. The van der Waals surface area contributed by atoms with Gasteiger partial charge in [0.15, 0.2) is 0 Å². The number of hydrogen-bond acceptors (Lipinski definition) is 4. The number of ether oxygens (including phenoxy) is 2. The van der Waals surface area contributed by atoms with Gasteiger partial charge in [-0.15, -0.1) is 13.2 Å². The molecule has 70 valence electrons. The Bertz CT molecular complexity index is 126. The van der Waals surface area contributed by atoms with Crippen molar-refractivity contribution in [2.45, 2.75) is 13.8 Å². The van der Waals surface area contributed by atoms with Crippen molar-refractivity contribution in [3.8, 4) is 0 Å². The molecule has 0 aliphatic carbocycles. The largest absolute Gasteiger partial charge is 0.458 e. The van der Waals surface area contributed by atoms with Crippen LogP contribution in [0.5, 0.6) is 0 Å². The highest BCUT2D eigenvalue weighted by atomic mass is 16.6. The second-order valence-electron chi connectivity index (χ2n) is 1.44. The molecule has 0 atom stereocenters. The van der Waals surface area contributed by atoms with Crippen LogP contribution in [0.4, 0.5) is 0 Å². The van der Waals surface area contributed by atoms with Crippen molar-refractivity contribution in [3.05, 3.63) is 13.2 Å². The first kappa shape index (κ1) is 13.3. The van der Waals surface area contributed by atoms with Crippen molar-refractivity contribution in [3.63, 3.8) is 0 Å². The molecule has 12 heavy (non-hydrogen) atoms. The van der Waals surface area contributed by atoms with Crippen LogP contribution in [0.1, 0.15) is 13.8 Å². The van der Waals surface area contributed by atoms with Gasteiger partial charge in [0.2, 0.25) is 0 Å². The molecule has 0 spiro atoms. The Morgan fingerprint density at radius 3 is 1.42 bits per heavy atom. The minimum Gasteiger partial charge on any atom is -0.458 e. The number of rotatable bonds is 2. The molecule has 4 nitrogen and oxygen atoms in total. The van der Waals surface area contributed by atoms with Gasteiger partial charge in [0.1, 0.15) is 0 Å². The fraction of sp³-hybridized carbons (Fsp3) is 0.500. The van der Waals surface area contributed by atoms with Gasteiger partial charge in [0.25, 0.3) is 0 Å². The van der Waals surface area contributed by atoms with E-state index in [9.17, 15) is 9.59 Å². The molecule has 0 saturated heterocycles. The summed E-state index contributed by atoms with van der Waals surface area (Å²) in [6.45, 7) is 9.63. The molecular formula is C8H14O4. The predicted octanol–water partition coefficient (Wildman–Crippen LogP) is 0.915. The van der Waals surface area contributed by atoms with Crippen LogP contribution in [0, 0.1) is 0 Å². The minimum atomic E-state index is -0.927. The molecule has 0 saturated carbocycles. The van der Waals surface area contributed by atoms with Crippen LogP contribution in [0.3, 0.4) is 0 Å². The number of hydrogen-bond donors (Lipinski definition) is 0. The van der Waals surface area contributed by atoms with Crippen LogP contribution < -0.4 is 0 Å². The summed E-state index contributed by atoms with van der Waals surface area (Å²) >= 11 is 0. The maximum absolute atomic E-state index is 10.4. The van der Waals surface area contributed by atoms with Crippen LogP contribution in [0.15, 0.2) is 13.2 Å². The third kappa shape index (κ3) is 6.80. The molecule has 4 heteroatoms. The Kier molecular flexibility index (Phi) is 10.7. The molecule has 0 aliphatic heterocycles. The summed E-state index contributed by atoms with van der Waals surface area (Å²) in [4.78, 5) is 20.9. The SMILES string of the molecule is C=C.CCOC(=O)C(=O)OCC. The first-order valence-electron chi connectivity index (χ1n) is 3.56. The Balaban J connectivity index is 0. The van der Waals surface area contributed by atoms with Gasteiger partial charge in [-0.05, 0) is 13.8 Å². The molecular weight excluding hydrogens is 160 g/mol. The Labute approximate surface area is 72.2 Å². The lowest BCUT2D eigenvalue weighted by molar-refractivity contribution is -0.167. The quantitative estimate of drug-likeness (QED) is 0.355. The predicted molar refractivity (Wildman–Crippen MR) is 44.5 cm³/mol. The van der Waals surface area contributed by atoms with Crippen molar-refractivity contribution in [1.29, 1.82) is 0 Å². The Hall–Kier alpha value is -1.32. The molecule has 0 heterocycles. The zero-order chi connectivity index (χ0) is 9.98. The van der Waals surface area contributed by atoms with Crippen molar-refractivity contribution >= 4 is 11.9 Å². The summed E-state index contributed by atoms with van der Waals surface area (Å²) in [6, 6.07) is 0. The summed E-state index contributed by atoms with van der Waals surface area (Å²) in [5.41, 5.74) is 0. The van der Waals surface area contributed by atoms with E-state index in [1.165, 1.54) is 0 Å². The Morgan fingerprint density at radius 1 is 1.00 bits per heavy atom. The van der Waals surface area contributed by atoms with E-state index in [0.29, 0.717) is 0 Å². The highest BCUT2D eigenvalue weighted by Crippen LogP contribution is 1.82. The normalized spacial score (nSPS) is 7.50. The van der Waals surface area contributed by atoms with Crippen molar-refractivity contribution in [2.24, 2.45) is 0 Å². The third-order valence-electron chi connectivity index (χ3n) is 0.718. The van der Waals surface area contributed by atoms with E-state index < -0.39 is 11.9 Å². The standard InChI is InChI=1S/C6H10O4.C2H4/c1-3-9-5(7)6(8)10-4-2;1-2/h3-4H2,1-2H3;1-2H2. The van der Waals surface area contributed by atoms with E-state index in [1.807, 2.05) is 0 Å². The summed E-state index contributed by atoms with van der Waals surface area (Å²) in [7, 11) is 0. The molecule has 0 rings (SSSR count). The first-order valence-corrected chi connectivity index (χ1v) is 3.56. The highest BCUT2D eigenvalue weighted by Gasteiger charge is 2.14. The average molecular weight is 174 g/mol. The van der Waals surface area contributed by atoms with Gasteiger partial charge in [-0.1, -0.05) is 0 Å². The van der Waals surface area contributed by atoms with E-state index in [4.69, 9.17) is 0 Å². The van der Waals surface area contributed by atoms with Gasteiger partial charge in [-0.25, -0.2) is 9.59 Å². The highest BCUT2D eigenvalue weighted by molar-refractivity contribution is 6.29. The number of carbonyl (C=O) groups is 2. The van der Waals surface area contributed by atoms with Crippen LogP contribution in [-0.4, -0.2) is 25.2 Å². The topological polar surface area (TPSA) is 52.6 Å². The van der Waals surface area contributed by atoms with Crippen LogP contribution in [0.25, 0.3) is 0 Å². The van der Waals surface area contributed by atoms with Crippen molar-refractivity contribution in [2.75, 3.05) is 13.2 Å². The average Bonchev–Trinajstić information content (AvgIpc) is 2.09. The molecule has 0 radical (unpaired) electrons. The zero-order valence-electron chi connectivity index (χ0n) is 7.46. The molecule has 0 N–H and O–H groups in total.